The number of H-pyrrole nitrogens is 2. The number of likely N-dealkylation sites (tertiary alicyclic amines) is 2. The minimum Gasteiger partial charge on any atom is -0.444 e. The number of fused-ring (bicyclic) bond motifs is 3. The van der Waals surface area contributed by atoms with Gasteiger partial charge in [-0.3, -0.25) is 9.80 Å². The van der Waals surface area contributed by atoms with Gasteiger partial charge in [0.1, 0.15) is 22.9 Å². The van der Waals surface area contributed by atoms with Crippen LogP contribution in [0.2, 0.25) is 0 Å². The molecule has 2 N–H and O–H groups in total. The van der Waals surface area contributed by atoms with E-state index in [2.05, 4.69) is 70.6 Å². The van der Waals surface area contributed by atoms with E-state index < -0.39 is 11.2 Å². The van der Waals surface area contributed by atoms with Crippen molar-refractivity contribution in [3.05, 3.63) is 84.7 Å². The fourth-order valence-corrected chi connectivity index (χ4v) is 8.28. The van der Waals surface area contributed by atoms with E-state index in [1.54, 1.807) is 0 Å². The SMILES string of the molecule is CC(C)(C)OC(=O)N1[C@H](c2nc(-c3ccc(-c4ccc5cc(-c6c[nH]c([C@@H]7C[C@@H]8C[C@@H]8N7C(=O)OC(C)(C)C)n6)ccc5c4)cc3)c[nH]2)C[C@@H]2C[C@@H]21. The van der Waals surface area contributed by atoms with Gasteiger partial charge in [-0.1, -0.05) is 48.5 Å². The lowest BCUT2D eigenvalue weighted by atomic mass is 9.98. The fraction of sp³-hybridized carbons (Fsp3) is 0.429. The average Bonchev–Trinajstić information content (AvgIpc) is 3.68. The first-order chi connectivity index (χ1) is 24.8. The fourth-order valence-electron chi connectivity index (χ4n) is 8.28. The van der Waals surface area contributed by atoms with Gasteiger partial charge in [-0.15, -0.1) is 0 Å². The number of amides is 2. The van der Waals surface area contributed by atoms with Gasteiger partial charge in [-0.2, -0.15) is 0 Å². The predicted octanol–water partition coefficient (Wildman–Crippen LogP) is 9.43. The van der Waals surface area contributed by atoms with Crippen LogP contribution in [0.25, 0.3) is 44.4 Å². The van der Waals surface area contributed by atoms with Crippen molar-refractivity contribution in [1.82, 2.24) is 29.7 Å². The lowest BCUT2D eigenvalue weighted by molar-refractivity contribution is 0.0164. The van der Waals surface area contributed by atoms with Crippen LogP contribution in [0.15, 0.2) is 73.1 Å². The number of ether oxygens (including phenoxy) is 2. The van der Waals surface area contributed by atoms with Gasteiger partial charge in [0.2, 0.25) is 0 Å². The second kappa shape index (κ2) is 11.7. The molecule has 4 heterocycles. The molecule has 0 bridgehead atoms. The summed E-state index contributed by atoms with van der Waals surface area (Å²) in [7, 11) is 0. The molecule has 0 radical (unpaired) electrons. The topological polar surface area (TPSA) is 116 Å². The largest absolute Gasteiger partial charge is 0.444 e. The summed E-state index contributed by atoms with van der Waals surface area (Å²) in [5, 5.41) is 2.28. The van der Waals surface area contributed by atoms with Gasteiger partial charge in [0.25, 0.3) is 0 Å². The molecule has 6 atom stereocenters. The summed E-state index contributed by atoms with van der Waals surface area (Å²) in [5.41, 5.74) is 4.97. The highest BCUT2D eigenvalue weighted by molar-refractivity contribution is 5.90. The van der Waals surface area contributed by atoms with Crippen LogP contribution in [0.3, 0.4) is 0 Å². The molecule has 2 aliphatic carbocycles. The number of nitrogens with zero attached hydrogens (tertiary/aromatic N) is 4. The van der Waals surface area contributed by atoms with Crippen molar-refractivity contribution in [3.8, 4) is 33.6 Å². The Morgan fingerprint density at radius 1 is 0.596 bits per heavy atom. The molecule has 4 aliphatic rings. The Kier molecular flexibility index (Phi) is 7.37. The summed E-state index contributed by atoms with van der Waals surface area (Å²) in [6.07, 6.45) is 7.29. The Bertz CT molecular complexity index is 2190. The molecule has 3 aromatic carbocycles. The minimum atomic E-state index is -0.535. The smallest absolute Gasteiger partial charge is 0.411 e. The first-order valence-corrected chi connectivity index (χ1v) is 18.6. The zero-order chi connectivity index (χ0) is 36.1. The third-order valence-electron chi connectivity index (χ3n) is 10.9. The van der Waals surface area contributed by atoms with Crippen LogP contribution in [-0.4, -0.2) is 65.2 Å². The number of piperidine rings is 2. The molecule has 4 fully saturated rings. The van der Waals surface area contributed by atoms with E-state index in [0.717, 1.165) is 81.7 Å². The zero-order valence-corrected chi connectivity index (χ0v) is 30.6. The maximum Gasteiger partial charge on any atom is 0.411 e. The molecule has 10 heteroatoms. The van der Waals surface area contributed by atoms with E-state index in [4.69, 9.17) is 19.4 Å². The summed E-state index contributed by atoms with van der Waals surface area (Å²) in [5.74, 6) is 2.69. The van der Waals surface area contributed by atoms with Crippen molar-refractivity contribution in [2.75, 3.05) is 0 Å². The van der Waals surface area contributed by atoms with Crippen molar-refractivity contribution >= 4 is 23.0 Å². The second-order valence-corrected chi connectivity index (χ2v) is 17.1. The molecule has 2 saturated heterocycles. The van der Waals surface area contributed by atoms with E-state index in [0.29, 0.717) is 11.8 Å². The molecular weight excluding hydrogens is 652 g/mol. The second-order valence-electron chi connectivity index (χ2n) is 17.1. The number of rotatable bonds is 5. The van der Waals surface area contributed by atoms with Crippen molar-refractivity contribution in [2.45, 2.75) is 103 Å². The van der Waals surface area contributed by atoms with E-state index in [9.17, 15) is 9.59 Å². The first-order valence-electron chi connectivity index (χ1n) is 18.6. The number of aromatic amines is 2. The van der Waals surface area contributed by atoms with E-state index >= 15 is 0 Å². The van der Waals surface area contributed by atoms with Crippen molar-refractivity contribution < 1.29 is 19.1 Å². The van der Waals surface area contributed by atoms with Gasteiger partial charge in [0, 0.05) is 35.6 Å². The molecule has 2 aromatic heterocycles. The van der Waals surface area contributed by atoms with Crippen molar-refractivity contribution in [1.29, 1.82) is 0 Å². The molecule has 5 aromatic rings. The van der Waals surface area contributed by atoms with Crippen LogP contribution in [0.4, 0.5) is 9.59 Å². The quantitative estimate of drug-likeness (QED) is 0.189. The summed E-state index contributed by atoms with van der Waals surface area (Å²) >= 11 is 0. The molecule has 0 spiro atoms. The highest BCUT2D eigenvalue weighted by Crippen LogP contribution is 2.54. The number of carbonyl (C=O) groups excluding carboxylic acids is 2. The van der Waals surface area contributed by atoms with E-state index in [1.165, 1.54) is 0 Å². The zero-order valence-electron chi connectivity index (χ0n) is 30.6. The first kappa shape index (κ1) is 32.8. The maximum absolute atomic E-state index is 13.1. The Morgan fingerprint density at radius 2 is 1.02 bits per heavy atom. The molecular formula is C42H46N6O4. The maximum atomic E-state index is 13.1. The number of carbonyl (C=O) groups is 2. The van der Waals surface area contributed by atoms with Gasteiger partial charge in [-0.25, -0.2) is 19.6 Å². The van der Waals surface area contributed by atoms with Gasteiger partial charge in [0.05, 0.1) is 23.5 Å². The molecule has 2 aliphatic heterocycles. The van der Waals surface area contributed by atoms with Crippen LogP contribution >= 0.6 is 0 Å². The number of hydrogen-bond acceptors (Lipinski definition) is 6. The number of benzene rings is 3. The molecule has 10 nitrogen and oxygen atoms in total. The van der Waals surface area contributed by atoms with Gasteiger partial charge in [0.15, 0.2) is 0 Å². The third kappa shape index (κ3) is 6.11. The van der Waals surface area contributed by atoms with Crippen molar-refractivity contribution in [2.24, 2.45) is 11.8 Å². The standard InChI is InChI=1S/C42H46N6O4/c1-41(2,3)51-39(49)47-33-17-29(33)19-35(47)37-43-21-31(45-37)24-9-7-23(8-10-24)25-11-12-27-16-28(14-13-26(27)15-25)32-22-44-38(46-32)36-20-30-18-34(30)48(36)40(50)52-42(4,5)6/h7-16,21-22,29-30,33-36H,17-20H2,1-6H3,(H,43,45)(H,44,46)/t29-,30-,33-,34-,35-,36-/m0/s1. The summed E-state index contributed by atoms with van der Waals surface area (Å²) in [4.78, 5) is 46.6. The third-order valence-corrected chi connectivity index (χ3v) is 10.9. The lowest BCUT2D eigenvalue weighted by Crippen LogP contribution is -2.38. The average molecular weight is 699 g/mol. The minimum absolute atomic E-state index is 0.0906. The van der Waals surface area contributed by atoms with E-state index in [1.807, 2.05) is 63.7 Å². The predicted molar refractivity (Wildman–Crippen MR) is 199 cm³/mol. The van der Waals surface area contributed by atoms with Gasteiger partial charge in [-0.05, 0) is 113 Å². The highest BCUT2D eigenvalue weighted by Gasteiger charge is 2.57. The molecule has 52 heavy (non-hydrogen) atoms. The number of hydrogen-bond donors (Lipinski definition) is 2. The van der Waals surface area contributed by atoms with Crippen LogP contribution in [0, 0.1) is 11.8 Å². The molecule has 0 unspecified atom stereocenters. The summed E-state index contributed by atoms with van der Waals surface area (Å²) in [6, 6.07) is 21.8. The Balaban J connectivity index is 0.890. The van der Waals surface area contributed by atoms with Crippen LogP contribution in [0.1, 0.15) is 91.0 Å². The highest BCUT2D eigenvalue weighted by atomic mass is 16.6. The lowest BCUT2D eigenvalue weighted by Gasteiger charge is -2.29. The summed E-state index contributed by atoms with van der Waals surface area (Å²) < 4.78 is 11.5. The van der Waals surface area contributed by atoms with Crippen LogP contribution < -0.4 is 0 Å². The van der Waals surface area contributed by atoms with Gasteiger partial charge < -0.3 is 19.4 Å². The Morgan fingerprint density at radius 3 is 1.52 bits per heavy atom. The van der Waals surface area contributed by atoms with Crippen LogP contribution in [0.5, 0.6) is 0 Å². The normalized spacial score (nSPS) is 24.9. The number of imidazole rings is 2. The monoisotopic (exact) mass is 698 g/mol. The Labute approximate surface area is 303 Å². The van der Waals surface area contributed by atoms with Gasteiger partial charge >= 0.3 is 12.2 Å². The van der Waals surface area contributed by atoms with Crippen molar-refractivity contribution in [3.63, 3.8) is 0 Å². The molecule has 2 saturated carbocycles. The van der Waals surface area contributed by atoms with E-state index in [-0.39, 0.29) is 36.4 Å². The number of aromatic nitrogens is 4. The number of nitrogens with one attached hydrogen (secondary N) is 2. The molecule has 9 rings (SSSR count). The van der Waals surface area contributed by atoms with Crippen LogP contribution in [-0.2, 0) is 9.47 Å². The molecule has 2 amide bonds. The molecule has 268 valence electrons. The summed E-state index contributed by atoms with van der Waals surface area (Å²) in [6.45, 7) is 11.4. The Hall–Kier alpha value is -5.12.